The van der Waals surface area contributed by atoms with Gasteiger partial charge in [0.05, 0.1) is 12.0 Å². The number of nitrogens with one attached hydrogen (secondary N) is 1. The van der Waals surface area contributed by atoms with E-state index in [1.807, 2.05) is 31.2 Å². The van der Waals surface area contributed by atoms with Gasteiger partial charge in [-0.05, 0) is 51.4 Å². The highest BCUT2D eigenvalue weighted by atomic mass is 16.5. The molecule has 1 N–H and O–H groups in total. The summed E-state index contributed by atoms with van der Waals surface area (Å²) in [6, 6.07) is 7.50. The van der Waals surface area contributed by atoms with Gasteiger partial charge in [0.15, 0.2) is 5.78 Å². The Morgan fingerprint density at radius 3 is 2.48 bits per heavy atom. The first-order valence-corrected chi connectivity index (χ1v) is 8.16. The Hall–Kier alpha value is -1.35. The van der Waals surface area contributed by atoms with Crippen LogP contribution in [0.1, 0.15) is 62.7 Å². The lowest BCUT2D eigenvalue weighted by atomic mass is 9.88. The molecule has 1 fully saturated rings. The van der Waals surface area contributed by atoms with E-state index in [0.717, 1.165) is 24.2 Å². The molecule has 116 valence electrons. The molecule has 0 aliphatic carbocycles. The van der Waals surface area contributed by atoms with Crippen molar-refractivity contribution in [2.75, 3.05) is 13.1 Å². The second-order valence-electron chi connectivity index (χ2n) is 6.21. The molecule has 2 aliphatic heterocycles. The summed E-state index contributed by atoms with van der Waals surface area (Å²) in [6.07, 6.45) is 6.67. The molecule has 3 rings (SSSR count). The molecule has 1 aromatic carbocycles. The van der Waals surface area contributed by atoms with Crippen molar-refractivity contribution in [3.63, 3.8) is 0 Å². The molecule has 0 aromatic heterocycles. The lowest BCUT2D eigenvalue weighted by Gasteiger charge is -2.34. The van der Waals surface area contributed by atoms with E-state index in [1.54, 1.807) is 0 Å². The van der Waals surface area contributed by atoms with E-state index in [9.17, 15) is 4.79 Å². The minimum atomic E-state index is -0.305. The van der Waals surface area contributed by atoms with Gasteiger partial charge in [-0.3, -0.25) is 4.79 Å². The number of para-hydroxylation sites is 1. The van der Waals surface area contributed by atoms with Crippen LogP contribution in [0.4, 0.5) is 0 Å². The Kier molecular flexibility index (Phi) is 5.80. The molecule has 0 amide bonds. The molecule has 3 heteroatoms. The fraction of sp³-hybridized carbons (Fsp3) is 0.611. The maximum Gasteiger partial charge on any atom is 0.170 e. The van der Waals surface area contributed by atoms with Crippen LogP contribution >= 0.6 is 0 Å². The van der Waals surface area contributed by atoms with Crippen LogP contribution in [0.25, 0.3) is 0 Å². The largest absolute Gasteiger partial charge is 0.486 e. The third-order valence-electron chi connectivity index (χ3n) is 4.06. The van der Waals surface area contributed by atoms with Crippen LogP contribution in [0.3, 0.4) is 0 Å². The fourth-order valence-corrected chi connectivity index (χ4v) is 2.99. The van der Waals surface area contributed by atoms with Crippen molar-refractivity contribution in [3.05, 3.63) is 29.8 Å². The van der Waals surface area contributed by atoms with Gasteiger partial charge in [-0.25, -0.2) is 0 Å². The smallest absolute Gasteiger partial charge is 0.170 e. The molecule has 1 aromatic rings. The van der Waals surface area contributed by atoms with Crippen molar-refractivity contribution in [2.24, 2.45) is 0 Å². The quantitative estimate of drug-likeness (QED) is 0.895. The van der Waals surface area contributed by atoms with Gasteiger partial charge in [0.2, 0.25) is 0 Å². The summed E-state index contributed by atoms with van der Waals surface area (Å²) in [5.74, 6) is 0.942. The van der Waals surface area contributed by atoms with E-state index in [1.165, 1.54) is 32.4 Å². The molecular formula is C18H27NO2. The summed E-state index contributed by atoms with van der Waals surface area (Å²) in [5, 5.41) is 3.28. The first-order chi connectivity index (χ1) is 10.1. The van der Waals surface area contributed by atoms with Gasteiger partial charge >= 0.3 is 0 Å². The van der Waals surface area contributed by atoms with Gasteiger partial charge in [0, 0.05) is 0 Å². The Morgan fingerprint density at radius 1 is 1.19 bits per heavy atom. The number of ether oxygens (including phenoxy) is 1. The van der Waals surface area contributed by atoms with Gasteiger partial charge in [0.25, 0.3) is 0 Å². The summed E-state index contributed by atoms with van der Waals surface area (Å²) in [7, 11) is 0. The number of fused-ring (bicyclic) bond motifs is 1. The lowest BCUT2D eigenvalue weighted by Crippen LogP contribution is -2.38. The average molecular weight is 289 g/mol. The van der Waals surface area contributed by atoms with Crippen LogP contribution in [0, 0.1) is 0 Å². The SMILES string of the molecule is C1CCNCC1.CCCC1(C)CC(=O)c2ccccc2O1. The van der Waals surface area contributed by atoms with Crippen molar-refractivity contribution < 1.29 is 9.53 Å². The van der Waals surface area contributed by atoms with Crippen LogP contribution in [0.15, 0.2) is 24.3 Å². The number of ketones is 1. The second-order valence-corrected chi connectivity index (χ2v) is 6.21. The predicted octanol–water partition coefficient (Wildman–Crippen LogP) is 3.97. The molecular weight excluding hydrogens is 262 g/mol. The van der Waals surface area contributed by atoms with Crippen molar-refractivity contribution in [1.29, 1.82) is 0 Å². The van der Waals surface area contributed by atoms with E-state index < -0.39 is 0 Å². The lowest BCUT2D eigenvalue weighted by molar-refractivity contribution is 0.0465. The monoisotopic (exact) mass is 289 g/mol. The Bertz CT molecular complexity index is 457. The van der Waals surface area contributed by atoms with Crippen molar-refractivity contribution in [3.8, 4) is 5.75 Å². The molecule has 1 unspecified atom stereocenters. The van der Waals surface area contributed by atoms with Crippen LogP contribution in [0.5, 0.6) is 5.75 Å². The zero-order valence-corrected chi connectivity index (χ0v) is 13.3. The van der Waals surface area contributed by atoms with Crippen LogP contribution < -0.4 is 10.1 Å². The molecule has 21 heavy (non-hydrogen) atoms. The van der Waals surface area contributed by atoms with Crippen molar-refractivity contribution in [1.82, 2.24) is 5.32 Å². The summed E-state index contributed by atoms with van der Waals surface area (Å²) in [4.78, 5) is 11.9. The van der Waals surface area contributed by atoms with E-state index in [-0.39, 0.29) is 11.4 Å². The number of Topliss-reactive ketones (excluding diaryl/α,β-unsaturated/α-hetero) is 1. The number of hydrogen-bond acceptors (Lipinski definition) is 3. The molecule has 0 radical (unpaired) electrons. The van der Waals surface area contributed by atoms with Crippen LogP contribution in [0.2, 0.25) is 0 Å². The zero-order valence-electron chi connectivity index (χ0n) is 13.3. The highest BCUT2D eigenvalue weighted by Crippen LogP contribution is 2.35. The molecule has 0 saturated carbocycles. The summed E-state index contributed by atoms with van der Waals surface area (Å²) in [6.45, 7) is 6.63. The third-order valence-corrected chi connectivity index (χ3v) is 4.06. The summed E-state index contributed by atoms with van der Waals surface area (Å²) < 4.78 is 5.91. The van der Waals surface area contributed by atoms with Crippen molar-refractivity contribution in [2.45, 2.75) is 58.0 Å². The van der Waals surface area contributed by atoms with Gasteiger partial charge in [0.1, 0.15) is 11.4 Å². The van der Waals surface area contributed by atoms with Crippen LogP contribution in [-0.2, 0) is 0 Å². The van der Waals surface area contributed by atoms with Gasteiger partial charge in [-0.15, -0.1) is 0 Å². The summed E-state index contributed by atoms with van der Waals surface area (Å²) in [5.41, 5.74) is 0.422. The number of carbonyl (C=O) groups is 1. The number of piperidine rings is 1. The van der Waals surface area contributed by atoms with Crippen LogP contribution in [-0.4, -0.2) is 24.5 Å². The first-order valence-electron chi connectivity index (χ1n) is 8.16. The average Bonchev–Trinajstić information content (AvgIpc) is 2.49. The number of carbonyl (C=O) groups excluding carboxylic acids is 1. The van der Waals surface area contributed by atoms with E-state index in [4.69, 9.17) is 4.74 Å². The van der Waals surface area contributed by atoms with Gasteiger partial charge in [-0.2, -0.15) is 0 Å². The number of hydrogen-bond donors (Lipinski definition) is 1. The summed E-state index contributed by atoms with van der Waals surface area (Å²) >= 11 is 0. The molecule has 0 spiro atoms. The maximum atomic E-state index is 11.9. The normalized spacial score (nSPS) is 24.4. The zero-order chi connectivity index (χ0) is 15.1. The molecule has 0 bridgehead atoms. The number of rotatable bonds is 2. The van der Waals surface area contributed by atoms with E-state index >= 15 is 0 Å². The standard InChI is InChI=1S/C13H16O2.C5H11N/c1-3-8-13(2)9-11(14)10-6-4-5-7-12(10)15-13;1-2-4-6-5-3-1/h4-7H,3,8-9H2,1-2H3;6H,1-5H2. The Labute approximate surface area is 128 Å². The topological polar surface area (TPSA) is 38.3 Å². The molecule has 2 aliphatic rings. The minimum Gasteiger partial charge on any atom is -0.486 e. The molecule has 1 atom stereocenters. The molecule has 1 saturated heterocycles. The highest BCUT2D eigenvalue weighted by Gasteiger charge is 2.35. The fourth-order valence-electron chi connectivity index (χ4n) is 2.99. The minimum absolute atomic E-state index is 0.202. The molecule has 2 heterocycles. The molecule has 3 nitrogen and oxygen atoms in total. The third kappa shape index (κ3) is 4.57. The van der Waals surface area contributed by atoms with Gasteiger partial charge < -0.3 is 10.1 Å². The Balaban J connectivity index is 0.000000225. The number of benzene rings is 1. The predicted molar refractivity (Wildman–Crippen MR) is 86.1 cm³/mol. The second kappa shape index (κ2) is 7.60. The van der Waals surface area contributed by atoms with Gasteiger partial charge in [-0.1, -0.05) is 31.9 Å². The maximum absolute atomic E-state index is 11.9. The highest BCUT2D eigenvalue weighted by molar-refractivity contribution is 6.00. The Morgan fingerprint density at radius 2 is 1.90 bits per heavy atom. The van der Waals surface area contributed by atoms with Crippen molar-refractivity contribution >= 4 is 5.78 Å². The van der Waals surface area contributed by atoms with E-state index in [2.05, 4.69) is 12.2 Å². The first kappa shape index (κ1) is 16.0. The van der Waals surface area contributed by atoms with E-state index in [0.29, 0.717) is 6.42 Å².